The lowest BCUT2D eigenvalue weighted by molar-refractivity contribution is -0.143. The number of ether oxygens (including phenoxy) is 1. The summed E-state index contributed by atoms with van der Waals surface area (Å²) in [6, 6.07) is -0.552. The molecule has 1 amide bonds. The molecular weight excluding hydrogens is 923 g/mol. The Bertz CT molecular complexity index is 1260. The van der Waals surface area contributed by atoms with E-state index < -0.39 is 12.1 Å². The van der Waals surface area contributed by atoms with E-state index in [4.69, 9.17) is 4.74 Å². The van der Waals surface area contributed by atoms with Crippen LogP contribution in [-0.2, 0) is 14.3 Å². The van der Waals surface area contributed by atoms with E-state index in [1.165, 1.54) is 244 Å². The van der Waals surface area contributed by atoms with Crippen LogP contribution < -0.4 is 5.32 Å². The maximum atomic E-state index is 12.5. The number of aliphatic hydroxyl groups is 2. The monoisotopic (exact) mass is 1050 g/mol. The molecule has 6 nitrogen and oxygen atoms in total. The van der Waals surface area contributed by atoms with Gasteiger partial charge in [-0.15, -0.1) is 0 Å². The summed E-state index contributed by atoms with van der Waals surface area (Å²) in [5, 5.41) is 23.4. The van der Waals surface area contributed by atoms with Gasteiger partial charge in [0.25, 0.3) is 0 Å². The summed E-state index contributed by atoms with van der Waals surface area (Å²) in [7, 11) is 0. The van der Waals surface area contributed by atoms with E-state index in [9.17, 15) is 19.8 Å². The number of carbonyl (C=O) groups excluding carboxylic acids is 2. The van der Waals surface area contributed by atoms with Crippen LogP contribution in [0.1, 0.15) is 354 Å². The average molecular weight is 1050 g/mol. The Morgan fingerprint density at radius 3 is 1.11 bits per heavy atom. The van der Waals surface area contributed by atoms with Crippen molar-refractivity contribution in [2.45, 2.75) is 366 Å². The molecule has 6 heteroatoms. The Hall–Kier alpha value is -2.18. The van der Waals surface area contributed by atoms with Gasteiger partial charge in [-0.1, -0.05) is 300 Å². The quantitative estimate of drug-likeness (QED) is 0.0244. The summed E-state index contributed by atoms with van der Waals surface area (Å²) in [6.07, 6.45) is 82.7. The molecule has 0 aromatic carbocycles. The number of hydrogen-bond acceptors (Lipinski definition) is 5. The number of carbonyl (C=O) groups is 2. The fraction of sp³-hybridized carbons (Fsp3) is 0.855. The lowest BCUT2D eigenvalue weighted by atomic mass is 10.0. The third kappa shape index (κ3) is 60.9. The molecule has 3 N–H and O–H groups in total. The maximum Gasteiger partial charge on any atom is 0.305 e. The third-order valence-corrected chi connectivity index (χ3v) is 15.4. The van der Waals surface area contributed by atoms with Crippen molar-refractivity contribution in [3.63, 3.8) is 0 Å². The molecule has 2 unspecified atom stereocenters. The van der Waals surface area contributed by atoms with Crippen molar-refractivity contribution < 1.29 is 24.5 Å². The van der Waals surface area contributed by atoms with Crippen molar-refractivity contribution in [1.29, 1.82) is 0 Å². The Balaban J connectivity index is 3.47. The van der Waals surface area contributed by atoms with Crippen molar-refractivity contribution >= 4 is 11.9 Å². The van der Waals surface area contributed by atoms with Gasteiger partial charge in [0.05, 0.1) is 25.4 Å². The molecule has 2 atom stereocenters. The van der Waals surface area contributed by atoms with Crippen molar-refractivity contribution in [3.8, 4) is 0 Å². The first-order valence-electron chi connectivity index (χ1n) is 33.4. The molecule has 0 aliphatic carbocycles. The van der Waals surface area contributed by atoms with Gasteiger partial charge in [0.15, 0.2) is 0 Å². The molecule has 0 radical (unpaired) electrons. The van der Waals surface area contributed by atoms with Crippen LogP contribution >= 0.6 is 0 Å². The lowest BCUT2D eigenvalue weighted by Gasteiger charge is -2.22. The van der Waals surface area contributed by atoms with Gasteiger partial charge in [-0.25, -0.2) is 0 Å². The van der Waals surface area contributed by atoms with E-state index in [1.54, 1.807) is 0 Å². The van der Waals surface area contributed by atoms with Gasteiger partial charge in [-0.2, -0.15) is 0 Å². The van der Waals surface area contributed by atoms with E-state index in [-0.39, 0.29) is 18.5 Å². The smallest absolute Gasteiger partial charge is 0.305 e. The Labute approximate surface area is 467 Å². The SMILES string of the molecule is CCCCCC/C=C\C/C=C\CCCCCCCCCC(=O)OCCCCC/C=C\C=C/CCCCCCCCCCCCC(=O)NC(CO)C(O)CCCCCCCCCCCCCCCCCCCCCCC. The summed E-state index contributed by atoms with van der Waals surface area (Å²) >= 11 is 0. The summed E-state index contributed by atoms with van der Waals surface area (Å²) < 4.78 is 5.47. The number of allylic oxidation sites excluding steroid dienone is 8. The molecule has 0 rings (SSSR count). The number of esters is 1. The molecule has 0 aromatic heterocycles. The molecule has 0 fully saturated rings. The minimum Gasteiger partial charge on any atom is -0.466 e. The van der Waals surface area contributed by atoms with Gasteiger partial charge in [0.2, 0.25) is 5.91 Å². The van der Waals surface area contributed by atoms with Crippen molar-refractivity contribution in [2.75, 3.05) is 13.2 Å². The molecule has 75 heavy (non-hydrogen) atoms. The van der Waals surface area contributed by atoms with E-state index in [0.717, 1.165) is 77.0 Å². The minimum atomic E-state index is -0.673. The zero-order valence-corrected chi connectivity index (χ0v) is 50.3. The number of unbranched alkanes of at least 4 members (excludes halogenated alkanes) is 44. The first-order valence-corrected chi connectivity index (χ1v) is 33.4. The number of rotatable bonds is 62. The molecule has 0 saturated heterocycles. The molecule has 0 spiro atoms. The summed E-state index contributed by atoms with van der Waals surface area (Å²) in [5.41, 5.74) is 0. The summed E-state index contributed by atoms with van der Waals surface area (Å²) in [4.78, 5) is 24.6. The van der Waals surface area contributed by atoms with Gasteiger partial charge in [0.1, 0.15) is 0 Å². The predicted molar refractivity (Wildman–Crippen MR) is 329 cm³/mol. The molecule has 0 saturated carbocycles. The summed E-state index contributed by atoms with van der Waals surface area (Å²) in [5.74, 6) is -0.0627. The highest BCUT2D eigenvalue weighted by Gasteiger charge is 2.20. The highest BCUT2D eigenvalue weighted by Crippen LogP contribution is 2.18. The van der Waals surface area contributed by atoms with Crippen LogP contribution in [-0.4, -0.2) is 47.4 Å². The fourth-order valence-electron chi connectivity index (χ4n) is 10.3. The average Bonchev–Trinajstić information content (AvgIpc) is 3.41. The lowest BCUT2D eigenvalue weighted by Crippen LogP contribution is -2.45. The van der Waals surface area contributed by atoms with Crippen LogP contribution in [0.15, 0.2) is 48.6 Å². The van der Waals surface area contributed by atoms with Crippen molar-refractivity contribution in [2.24, 2.45) is 0 Å². The molecule has 0 bridgehead atoms. The van der Waals surface area contributed by atoms with Crippen molar-refractivity contribution in [1.82, 2.24) is 5.32 Å². The van der Waals surface area contributed by atoms with E-state index in [0.29, 0.717) is 25.9 Å². The second kappa shape index (κ2) is 64.3. The largest absolute Gasteiger partial charge is 0.466 e. The highest BCUT2D eigenvalue weighted by atomic mass is 16.5. The predicted octanol–water partition coefficient (Wildman–Crippen LogP) is 21.3. The van der Waals surface area contributed by atoms with Crippen LogP contribution in [0.25, 0.3) is 0 Å². The van der Waals surface area contributed by atoms with Gasteiger partial charge in [-0.3, -0.25) is 9.59 Å². The van der Waals surface area contributed by atoms with Crippen molar-refractivity contribution in [3.05, 3.63) is 48.6 Å². The molecular formula is C69H129NO5. The summed E-state index contributed by atoms with van der Waals surface area (Å²) in [6.45, 7) is 4.91. The fourth-order valence-corrected chi connectivity index (χ4v) is 10.3. The van der Waals surface area contributed by atoms with Crippen LogP contribution in [0.4, 0.5) is 0 Å². The molecule has 440 valence electrons. The zero-order chi connectivity index (χ0) is 54.3. The highest BCUT2D eigenvalue weighted by molar-refractivity contribution is 5.76. The van der Waals surface area contributed by atoms with Gasteiger partial charge in [0, 0.05) is 12.8 Å². The Kier molecular flexibility index (Phi) is 62.5. The second-order valence-electron chi connectivity index (χ2n) is 22.8. The first-order chi connectivity index (χ1) is 37.0. The van der Waals surface area contributed by atoms with Crippen LogP contribution in [0.3, 0.4) is 0 Å². The van der Waals surface area contributed by atoms with E-state index in [1.807, 2.05) is 0 Å². The van der Waals surface area contributed by atoms with Crippen LogP contribution in [0.5, 0.6) is 0 Å². The first kappa shape index (κ1) is 72.8. The number of aliphatic hydroxyl groups excluding tert-OH is 2. The molecule has 0 aliphatic rings. The molecule has 0 aliphatic heterocycles. The van der Waals surface area contributed by atoms with Gasteiger partial charge in [-0.05, 0) is 89.9 Å². The standard InChI is InChI=1S/C69H129NO5/c1-3-5-7-9-11-13-15-17-19-21-23-24-26-29-33-37-41-45-49-53-57-61-67(72)66(65-71)70-68(73)62-58-54-50-46-42-38-34-30-27-25-28-32-36-40-44-48-52-56-60-64-75-69(74)63-59-55-51-47-43-39-35-31-22-20-18-16-14-12-10-8-6-4-2/h14,16,20,22,32,36,40,44,66-67,71-72H,3-13,15,17-19,21,23-31,33-35,37-39,41-43,45-65H2,1-2H3,(H,70,73)/b16-14-,22-20-,36-32-,44-40-. The molecule has 0 aromatic rings. The number of amides is 1. The van der Waals surface area contributed by atoms with Crippen LogP contribution in [0, 0.1) is 0 Å². The normalized spacial score (nSPS) is 12.9. The Morgan fingerprint density at radius 1 is 0.387 bits per heavy atom. The van der Waals surface area contributed by atoms with E-state index in [2.05, 4.69) is 67.8 Å². The van der Waals surface area contributed by atoms with Gasteiger partial charge >= 0.3 is 5.97 Å². The molecule has 0 heterocycles. The zero-order valence-electron chi connectivity index (χ0n) is 50.3. The number of nitrogens with one attached hydrogen (secondary N) is 1. The van der Waals surface area contributed by atoms with E-state index >= 15 is 0 Å². The Morgan fingerprint density at radius 2 is 0.707 bits per heavy atom. The topological polar surface area (TPSA) is 95.9 Å². The minimum absolute atomic E-state index is 0.0203. The second-order valence-corrected chi connectivity index (χ2v) is 22.8. The maximum absolute atomic E-state index is 12.5. The van der Waals surface area contributed by atoms with Crippen LogP contribution in [0.2, 0.25) is 0 Å². The van der Waals surface area contributed by atoms with Gasteiger partial charge < -0.3 is 20.3 Å². The number of hydrogen-bond donors (Lipinski definition) is 3. The third-order valence-electron chi connectivity index (χ3n) is 15.4.